The number of hydrogen-bond acceptors (Lipinski definition) is 1. The van der Waals surface area contributed by atoms with Gasteiger partial charge in [0.05, 0.1) is 12.8 Å². The van der Waals surface area contributed by atoms with Crippen molar-refractivity contribution in [2.24, 2.45) is 4.99 Å². The second-order valence-corrected chi connectivity index (χ2v) is 2.59. The van der Waals surface area contributed by atoms with Crippen molar-refractivity contribution in [3.63, 3.8) is 0 Å². The SMILES string of the molecule is CCCCCC1=C[CH+]C=N1. The van der Waals surface area contributed by atoms with Crippen molar-refractivity contribution >= 4 is 6.21 Å². The molecule has 1 heteroatoms. The Balaban J connectivity index is 2.08. The van der Waals surface area contributed by atoms with Gasteiger partial charge in [-0.3, -0.25) is 0 Å². The van der Waals surface area contributed by atoms with Crippen LogP contribution in [0, 0.1) is 6.42 Å². The summed E-state index contributed by atoms with van der Waals surface area (Å²) in [5, 5.41) is 0. The lowest BCUT2D eigenvalue weighted by molar-refractivity contribution is 0.711. The minimum absolute atomic E-state index is 1.15. The molecule has 0 unspecified atom stereocenters. The highest BCUT2D eigenvalue weighted by Gasteiger charge is 2.07. The molecule has 0 spiro atoms. The maximum atomic E-state index is 4.19. The van der Waals surface area contributed by atoms with Crippen LogP contribution in [0.3, 0.4) is 0 Å². The summed E-state index contributed by atoms with van der Waals surface area (Å²) in [5.74, 6) is 0. The van der Waals surface area contributed by atoms with Crippen molar-refractivity contribution in [2.45, 2.75) is 32.6 Å². The summed E-state index contributed by atoms with van der Waals surface area (Å²) in [6, 6.07) is 0. The van der Waals surface area contributed by atoms with Gasteiger partial charge >= 0.3 is 0 Å². The molecule has 54 valence electrons. The van der Waals surface area contributed by atoms with Crippen LogP contribution >= 0.6 is 0 Å². The molecule has 0 bridgehead atoms. The van der Waals surface area contributed by atoms with Crippen molar-refractivity contribution in [1.29, 1.82) is 0 Å². The first-order valence-corrected chi connectivity index (χ1v) is 4.00. The van der Waals surface area contributed by atoms with Gasteiger partial charge in [-0.1, -0.05) is 19.8 Å². The van der Waals surface area contributed by atoms with Gasteiger partial charge in [-0.2, -0.15) is 0 Å². The topological polar surface area (TPSA) is 12.4 Å². The lowest BCUT2D eigenvalue weighted by Crippen LogP contribution is -1.76. The largest absolute Gasteiger partial charge is 0.174 e. The van der Waals surface area contributed by atoms with Gasteiger partial charge in [0.25, 0.3) is 0 Å². The van der Waals surface area contributed by atoms with Gasteiger partial charge in [0.15, 0.2) is 5.70 Å². The second-order valence-electron chi connectivity index (χ2n) is 2.59. The van der Waals surface area contributed by atoms with Gasteiger partial charge in [-0.25, -0.2) is 0 Å². The zero-order chi connectivity index (χ0) is 7.23. The van der Waals surface area contributed by atoms with E-state index in [4.69, 9.17) is 0 Å². The molecule has 0 radical (unpaired) electrons. The molecule has 0 aromatic rings. The van der Waals surface area contributed by atoms with Crippen LogP contribution in [0.1, 0.15) is 32.6 Å². The molecule has 1 heterocycles. The van der Waals surface area contributed by atoms with E-state index in [0.717, 1.165) is 6.42 Å². The quantitative estimate of drug-likeness (QED) is 0.416. The van der Waals surface area contributed by atoms with Crippen LogP contribution in [0.2, 0.25) is 0 Å². The Bertz CT molecular complexity index is 145. The Kier molecular flexibility index (Phi) is 3.07. The average molecular weight is 136 g/mol. The first-order valence-electron chi connectivity index (χ1n) is 4.00. The molecule has 10 heavy (non-hydrogen) atoms. The van der Waals surface area contributed by atoms with Crippen LogP contribution in [0.15, 0.2) is 16.8 Å². The van der Waals surface area contributed by atoms with Crippen molar-refractivity contribution in [1.82, 2.24) is 0 Å². The molecule has 0 aliphatic carbocycles. The van der Waals surface area contributed by atoms with E-state index in [-0.39, 0.29) is 0 Å². The normalized spacial score (nSPS) is 15.1. The van der Waals surface area contributed by atoms with Gasteiger partial charge in [0.1, 0.15) is 12.3 Å². The van der Waals surface area contributed by atoms with Crippen molar-refractivity contribution in [3.05, 3.63) is 18.2 Å². The zero-order valence-electron chi connectivity index (χ0n) is 6.51. The number of aliphatic imine (C=N–C) groups is 1. The van der Waals surface area contributed by atoms with Crippen LogP contribution in [-0.2, 0) is 0 Å². The first kappa shape index (κ1) is 7.39. The molecule has 0 saturated heterocycles. The van der Waals surface area contributed by atoms with Gasteiger partial charge in [-0.05, 0) is 6.42 Å². The summed E-state index contributed by atoms with van der Waals surface area (Å²) in [4.78, 5) is 4.19. The third-order valence-corrected chi connectivity index (χ3v) is 1.65. The molecule has 1 aliphatic rings. The molecule has 1 rings (SSSR count). The van der Waals surface area contributed by atoms with Gasteiger partial charge < -0.3 is 0 Å². The van der Waals surface area contributed by atoms with Crippen LogP contribution < -0.4 is 0 Å². The molecule has 0 aromatic carbocycles. The van der Waals surface area contributed by atoms with Crippen LogP contribution in [-0.4, -0.2) is 6.21 Å². The third-order valence-electron chi connectivity index (χ3n) is 1.65. The number of unbranched alkanes of at least 4 members (excludes halogenated alkanes) is 2. The molecule has 0 saturated carbocycles. The van der Waals surface area contributed by atoms with Crippen LogP contribution in [0.4, 0.5) is 0 Å². The van der Waals surface area contributed by atoms with Crippen LogP contribution in [0.25, 0.3) is 0 Å². The molecular formula is C9H14N+. The maximum Gasteiger partial charge on any atom is 0.174 e. The molecule has 1 nitrogen and oxygen atoms in total. The summed E-state index contributed by atoms with van der Waals surface area (Å²) in [6.07, 6.45) is 11.0. The highest BCUT2D eigenvalue weighted by Crippen LogP contribution is 2.13. The fraction of sp³-hybridized carbons (Fsp3) is 0.556. The molecule has 0 fully saturated rings. The van der Waals surface area contributed by atoms with Crippen LogP contribution in [0.5, 0.6) is 0 Å². The highest BCUT2D eigenvalue weighted by molar-refractivity contribution is 5.75. The smallest absolute Gasteiger partial charge is 0.144 e. The van der Waals surface area contributed by atoms with Gasteiger partial charge in [0.2, 0.25) is 0 Å². The summed E-state index contributed by atoms with van der Waals surface area (Å²) < 4.78 is 0. The standard InChI is InChI=1S/C9H14N/c1-2-3-4-6-9-7-5-8-10-9/h5,7-8H,2-4,6H2,1H3/q+1. The second kappa shape index (κ2) is 4.15. The van der Waals surface area contributed by atoms with Gasteiger partial charge in [-0.15, -0.1) is 4.99 Å². The Morgan fingerprint density at radius 3 is 3.00 bits per heavy atom. The van der Waals surface area contributed by atoms with Crippen molar-refractivity contribution < 1.29 is 0 Å². The molecule has 0 amide bonds. The Labute approximate surface area is 62.9 Å². The predicted octanol–water partition coefficient (Wildman–Crippen LogP) is 2.74. The van der Waals surface area contributed by atoms with Gasteiger partial charge in [0, 0.05) is 0 Å². The Morgan fingerprint density at radius 1 is 1.50 bits per heavy atom. The predicted molar refractivity (Wildman–Crippen MR) is 45.0 cm³/mol. The molecule has 0 N–H and O–H groups in total. The Morgan fingerprint density at radius 2 is 2.40 bits per heavy atom. The summed E-state index contributed by atoms with van der Waals surface area (Å²) in [7, 11) is 0. The minimum Gasteiger partial charge on any atom is -0.144 e. The fourth-order valence-electron chi connectivity index (χ4n) is 1.04. The average Bonchev–Trinajstić information content (AvgIpc) is 2.41. The number of hydrogen-bond donors (Lipinski definition) is 0. The van der Waals surface area contributed by atoms with Crippen molar-refractivity contribution in [3.8, 4) is 0 Å². The minimum atomic E-state index is 1.15. The lowest BCUT2D eigenvalue weighted by Gasteiger charge is -1.89. The summed E-state index contributed by atoms with van der Waals surface area (Å²) in [6.45, 7) is 2.22. The number of allylic oxidation sites excluding steroid dienone is 2. The van der Waals surface area contributed by atoms with E-state index in [1.54, 1.807) is 0 Å². The molecule has 0 atom stereocenters. The highest BCUT2D eigenvalue weighted by atomic mass is 14.7. The Hall–Kier alpha value is -0.720. The number of rotatable bonds is 4. The molecule has 0 aromatic heterocycles. The molecule has 1 aliphatic heterocycles. The maximum absolute atomic E-state index is 4.19. The van der Waals surface area contributed by atoms with E-state index in [1.165, 1.54) is 25.0 Å². The lowest BCUT2D eigenvalue weighted by atomic mass is 10.1. The monoisotopic (exact) mass is 136 g/mol. The van der Waals surface area contributed by atoms with E-state index in [1.807, 2.05) is 12.6 Å². The van der Waals surface area contributed by atoms with E-state index < -0.39 is 0 Å². The molecular weight excluding hydrogens is 122 g/mol. The van der Waals surface area contributed by atoms with E-state index >= 15 is 0 Å². The fourth-order valence-corrected chi connectivity index (χ4v) is 1.04. The van der Waals surface area contributed by atoms with Crippen molar-refractivity contribution in [2.75, 3.05) is 0 Å². The third kappa shape index (κ3) is 2.26. The first-order chi connectivity index (χ1) is 4.93. The summed E-state index contributed by atoms with van der Waals surface area (Å²) >= 11 is 0. The van der Waals surface area contributed by atoms with E-state index in [0.29, 0.717) is 0 Å². The van der Waals surface area contributed by atoms with E-state index in [9.17, 15) is 0 Å². The zero-order valence-corrected chi connectivity index (χ0v) is 6.51. The van der Waals surface area contributed by atoms with E-state index in [2.05, 4.69) is 18.0 Å². The summed E-state index contributed by atoms with van der Waals surface area (Å²) in [5.41, 5.74) is 1.24. The number of nitrogens with zero attached hydrogens (tertiary/aromatic N) is 1.